The number of hydrogen-bond donors (Lipinski definition) is 1. The Morgan fingerprint density at radius 1 is 1.14 bits per heavy atom. The lowest BCUT2D eigenvalue weighted by Crippen LogP contribution is -2.28. The molecule has 1 N–H and O–H groups in total. The van der Waals surface area contributed by atoms with Gasteiger partial charge in [-0.2, -0.15) is 0 Å². The molecule has 1 saturated heterocycles. The van der Waals surface area contributed by atoms with Crippen LogP contribution in [0, 0.1) is 26.7 Å². The first-order chi connectivity index (χ1) is 13.9. The first kappa shape index (κ1) is 19.3. The van der Waals surface area contributed by atoms with Crippen molar-refractivity contribution in [1.29, 1.82) is 0 Å². The minimum Gasteiger partial charge on any atom is -0.326 e. The van der Waals surface area contributed by atoms with Gasteiger partial charge < -0.3 is 10.2 Å². The summed E-state index contributed by atoms with van der Waals surface area (Å²) in [6.07, 6.45) is 0.216. The summed E-state index contributed by atoms with van der Waals surface area (Å²) < 4.78 is 3.89. The van der Waals surface area contributed by atoms with Crippen molar-refractivity contribution in [2.45, 2.75) is 27.2 Å². The van der Waals surface area contributed by atoms with Gasteiger partial charge >= 0.3 is 0 Å². The Balaban J connectivity index is 1.51. The second-order valence-electron chi connectivity index (χ2n) is 7.50. The number of nitrogens with one attached hydrogen (secondary N) is 1. The van der Waals surface area contributed by atoms with E-state index in [1.165, 1.54) is 11.5 Å². The number of benzene rings is 2. The summed E-state index contributed by atoms with van der Waals surface area (Å²) in [6.45, 7) is 6.35. The van der Waals surface area contributed by atoms with Gasteiger partial charge in [0.1, 0.15) is 5.69 Å². The minimum absolute atomic E-state index is 0.0175. The summed E-state index contributed by atoms with van der Waals surface area (Å²) in [6, 6.07) is 11.8. The third kappa shape index (κ3) is 3.91. The third-order valence-electron chi connectivity index (χ3n) is 5.29. The van der Waals surface area contributed by atoms with Gasteiger partial charge in [0.05, 0.1) is 5.92 Å². The largest absolute Gasteiger partial charge is 0.326 e. The molecule has 0 aliphatic carbocycles. The highest BCUT2D eigenvalue weighted by Gasteiger charge is 2.35. The monoisotopic (exact) mass is 406 g/mol. The van der Waals surface area contributed by atoms with Gasteiger partial charge in [-0.25, -0.2) is 0 Å². The molecule has 0 radical (unpaired) electrons. The highest BCUT2D eigenvalue weighted by atomic mass is 32.1. The van der Waals surface area contributed by atoms with Crippen LogP contribution in [0.3, 0.4) is 0 Å². The standard InChI is InChI=1S/C22H22N4O2S/c1-13-4-7-20(15(3)8-13)26-11-17(10-21(26)27)22(28)23-18-9-16(6-5-14(18)2)19-12-29-25-24-19/h4-9,12,17H,10-11H2,1-3H3,(H,23,28)/t17-/m0/s1. The van der Waals surface area contributed by atoms with Crippen LogP contribution < -0.4 is 10.2 Å². The Kier molecular flexibility index (Phi) is 5.15. The maximum Gasteiger partial charge on any atom is 0.229 e. The van der Waals surface area contributed by atoms with Crippen LogP contribution in [-0.4, -0.2) is 27.9 Å². The van der Waals surface area contributed by atoms with Gasteiger partial charge in [0.15, 0.2) is 0 Å². The molecule has 29 heavy (non-hydrogen) atoms. The van der Waals surface area contributed by atoms with Gasteiger partial charge in [-0.15, -0.1) is 5.10 Å². The molecule has 1 aliphatic rings. The lowest BCUT2D eigenvalue weighted by molar-refractivity contribution is -0.122. The van der Waals surface area contributed by atoms with Crippen LogP contribution in [0.15, 0.2) is 41.8 Å². The Bertz CT molecular complexity index is 1080. The smallest absolute Gasteiger partial charge is 0.229 e. The molecule has 0 saturated carbocycles. The molecule has 2 heterocycles. The molecule has 4 rings (SSSR count). The zero-order chi connectivity index (χ0) is 20.5. The number of carbonyl (C=O) groups excluding carboxylic acids is 2. The molecule has 1 fully saturated rings. The van der Waals surface area contributed by atoms with Gasteiger partial charge in [-0.1, -0.05) is 34.3 Å². The Hall–Kier alpha value is -3.06. The highest BCUT2D eigenvalue weighted by molar-refractivity contribution is 7.03. The maximum atomic E-state index is 12.9. The van der Waals surface area contributed by atoms with Crippen LogP contribution in [0.2, 0.25) is 0 Å². The molecule has 2 aromatic carbocycles. The summed E-state index contributed by atoms with van der Waals surface area (Å²) in [4.78, 5) is 27.2. The number of amides is 2. The number of hydrogen-bond acceptors (Lipinski definition) is 5. The molecule has 0 bridgehead atoms. The number of rotatable bonds is 4. The van der Waals surface area contributed by atoms with E-state index in [1.807, 2.05) is 56.5 Å². The molecule has 3 aromatic rings. The quantitative estimate of drug-likeness (QED) is 0.707. The molecular weight excluding hydrogens is 384 g/mol. The fraction of sp³-hybridized carbons (Fsp3) is 0.273. The van der Waals surface area contributed by atoms with Crippen molar-refractivity contribution in [1.82, 2.24) is 9.59 Å². The van der Waals surface area contributed by atoms with Crippen LogP contribution in [0.25, 0.3) is 11.3 Å². The summed E-state index contributed by atoms with van der Waals surface area (Å²) in [5.41, 5.74) is 6.45. The van der Waals surface area contributed by atoms with Crippen LogP contribution in [0.5, 0.6) is 0 Å². The van der Waals surface area contributed by atoms with E-state index in [1.54, 1.807) is 4.90 Å². The molecule has 148 valence electrons. The van der Waals surface area contributed by atoms with Gasteiger partial charge in [-0.05, 0) is 55.6 Å². The average Bonchev–Trinajstić information content (AvgIpc) is 3.34. The van der Waals surface area contributed by atoms with Crippen LogP contribution in [-0.2, 0) is 9.59 Å². The Morgan fingerprint density at radius 3 is 2.69 bits per heavy atom. The van der Waals surface area contributed by atoms with Crippen molar-refractivity contribution >= 4 is 34.7 Å². The molecule has 7 heteroatoms. The highest BCUT2D eigenvalue weighted by Crippen LogP contribution is 2.30. The van der Waals surface area contributed by atoms with Crippen molar-refractivity contribution in [3.8, 4) is 11.3 Å². The van der Waals surface area contributed by atoms with Crippen molar-refractivity contribution in [3.63, 3.8) is 0 Å². The molecular formula is C22H22N4O2S. The van der Waals surface area contributed by atoms with Crippen molar-refractivity contribution in [2.24, 2.45) is 5.92 Å². The second-order valence-corrected chi connectivity index (χ2v) is 8.11. The van der Waals surface area contributed by atoms with E-state index in [-0.39, 0.29) is 24.2 Å². The van der Waals surface area contributed by atoms with Crippen molar-refractivity contribution < 1.29 is 9.59 Å². The molecule has 0 spiro atoms. The normalized spacial score (nSPS) is 16.3. The van der Waals surface area contributed by atoms with E-state index in [0.717, 1.165) is 39.3 Å². The third-order valence-corrected chi connectivity index (χ3v) is 5.79. The number of aryl methyl sites for hydroxylation is 3. The summed E-state index contributed by atoms with van der Waals surface area (Å²) >= 11 is 1.29. The lowest BCUT2D eigenvalue weighted by atomic mass is 10.1. The van der Waals surface area contributed by atoms with Crippen LogP contribution in [0.1, 0.15) is 23.1 Å². The van der Waals surface area contributed by atoms with E-state index in [9.17, 15) is 9.59 Å². The van der Waals surface area contributed by atoms with Crippen LogP contribution in [0.4, 0.5) is 11.4 Å². The van der Waals surface area contributed by atoms with E-state index in [2.05, 4.69) is 21.0 Å². The first-order valence-corrected chi connectivity index (χ1v) is 10.3. The second kappa shape index (κ2) is 7.75. The van der Waals surface area contributed by atoms with Crippen molar-refractivity contribution in [3.05, 3.63) is 58.5 Å². The summed E-state index contributed by atoms with van der Waals surface area (Å²) in [7, 11) is 0. The number of aromatic nitrogens is 2. The first-order valence-electron chi connectivity index (χ1n) is 9.49. The van der Waals surface area contributed by atoms with E-state index < -0.39 is 0 Å². The number of nitrogens with zero attached hydrogens (tertiary/aromatic N) is 3. The molecule has 0 unspecified atom stereocenters. The average molecular weight is 407 g/mol. The fourth-order valence-electron chi connectivity index (χ4n) is 3.67. The van der Waals surface area contributed by atoms with E-state index >= 15 is 0 Å². The SMILES string of the molecule is Cc1ccc(N2C[C@@H](C(=O)Nc3cc(-c4csnn4)ccc3C)CC2=O)c(C)c1. The van der Waals surface area contributed by atoms with Crippen molar-refractivity contribution in [2.75, 3.05) is 16.8 Å². The van der Waals surface area contributed by atoms with E-state index in [4.69, 9.17) is 0 Å². The van der Waals surface area contributed by atoms with Gasteiger partial charge in [0.25, 0.3) is 0 Å². The maximum absolute atomic E-state index is 12.9. The molecule has 1 aromatic heterocycles. The molecule has 1 atom stereocenters. The Morgan fingerprint density at radius 2 is 1.97 bits per heavy atom. The van der Waals surface area contributed by atoms with E-state index in [0.29, 0.717) is 6.54 Å². The predicted molar refractivity (Wildman–Crippen MR) is 115 cm³/mol. The minimum atomic E-state index is -0.382. The zero-order valence-corrected chi connectivity index (χ0v) is 17.4. The number of carbonyl (C=O) groups is 2. The molecule has 1 aliphatic heterocycles. The molecule has 2 amide bonds. The number of anilines is 2. The predicted octanol–water partition coefficient (Wildman–Crippen LogP) is 4.12. The zero-order valence-electron chi connectivity index (χ0n) is 16.6. The topological polar surface area (TPSA) is 75.2 Å². The van der Waals surface area contributed by atoms with Crippen LogP contribution >= 0.6 is 11.5 Å². The molecule has 6 nitrogen and oxygen atoms in total. The van der Waals surface area contributed by atoms with Gasteiger partial charge in [0.2, 0.25) is 11.8 Å². The lowest BCUT2D eigenvalue weighted by Gasteiger charge is -2.19. The van der Waals surface area contributed by atoms with Gasteiger partial charge in [-0.3, -0.25) is 9.59 Å². The summed E-state index contributed by atoms with van der Waals surface area (Å²) in [5, 5.41) is 8.96. The summed E-state index contributed by atoms with van der Waals surface area (Å²) in [5.74, 6) is -0.536. The Labute approximate surface area is 173 Å². The fourth-order valence-corrected chi connectivity index (χ4v) is 4.13. The van der Waals surface area contributed by atoms with Gasteiger partial charge in [0, 0.05) is 35.3 Å².